The predicted octanol–water partition coefficient (Wildman–Crippen LogP) is 2.51. The Bertz CT molecular complexity index is 372. The van der Waals surface area contributed by atoms with Crippen LogP contribution in [-0.2, 0) is 0 Å². The first-order valence-electron chi connectivity index (χ1n) is 5.21. The lowest BCUT2D eigenvalue weighted by Gasteiger charge is -2.13. The van der Waals surface area contributed by atoms with Crippen molar-refractivity contribution in [3.05, 3.63) is 40.9 Å². The van der Waals surface area contributed by atoms with Gasteiger partial charge in [0, 0.05) is 24.2 Å². The third kappa shape index (κ3) is 5.41. The molecule has 2 N–H and O–H groups in total. The molecule has 3 nitrogen and oxygen atoms in total. The van der Waals surface area contributed by atoms with Gasteiger partial charge >= 0.3 is 0 Å². The van der Waals surface area contributed by atoms with Gasteiger partial charge in [-0.2, -0.15) is 0 Å². The standard InChI is InChI=1S/C12H15Cl2NO2/c1-2-5-15-7-10(16)8-17-12-6-9(13)3-4-11(12)14/h2-4,6,10,15-16H,1,5,7-8H2/t10-/m0/s1. The van der Waals surface area contributed by atoms with E-state index in [1.54, 1.807) is 24.3 Å². The largest absolute Gasteiger partial charge is 0.489 e. The molecular weight excluding hydrogens is 261 g/mol. The van der Waals surface area contributed by atoms with E-state index >= 15 is 0 Å². The van der Waals surface area contributed by atoms with E-state index in [1.807, 2.05) is 0 Å². The van der Waals surface area contributed by atoms with E-state index in [0.29, 0.717) is 28.9 Å². The highest BCUT2D eigenvalue weighted by Gasteiger charge is 2.07. The van der Waals surface area contributed by atoms with Gasteiger partial charge in [0.25, 0.3) is 0 Å². The quantitative estimate of drug-likeness (QED) is 0.594. The fourth-order valence-electron chi connectivity index (χ4n) is 1.18. The molecule has 0 heterocycles. The van der Waals surface area contributed by atoms with E-state index in [4.69, 9.17) is 27.9 Å². The fraction of sp³-hybridized carbons (Fsp3) is 0.333. The Morgan fingerprint density at radius 1 is 1.47 bits per heavy atom. The molecule has 1 atom stereocenters. The summed E-state index contributed by atoms with van der Waals surface area (Å²) in [7, 11) is 0. The highest BCUT2D eigenvalue weighted by atomic mass is 35.5. The van der Waals surface area contributed by atoms with Crippen molar-refractivity contribution in [1.29, 1.82) is 0 Å². The summed E-state index contributed by atoms with van der Waals surface area (Å²) in [6.45, 7) is 4.80. The molecule has 0 aromatic heterocycles. The summed E-state index contributed by atoms with van der Waals surface area (Å²) >= 11 is 11.7. The van der Waals surface area contributed by atoms with E-state index in [-0.39, 0.29) is 6.61 Å². The van der Waals surface area contributed by atoms with Crippen LogP contribution in [-0.4, -0.2) is 30.9 Å². The van der Waals surface area contributed by atoms with Gasteiger partial charge in [0.1, 0.15) is 18.5 Å². The first-order valence-corrected chi connectivity index (χ1v) is 5.96. The molecule has 0 fully saturated rings. The maximum Gasteiger partial charge on any atom is 0.139 e. The summed E-state index contributed by atoms with van der Waals surface area (Å²) in [5.41, 5.74) is 0. The molecule has 17 heavy (non-hydrogen) atoms. The third-order valence-electron chi connectivity index (χ3n) is 1.99. The molecule has 0 bridgehead atoms. The Morgan fingerprint density at radius 2 is 2.24 bits per heavy atom. The second-order valence-electron chi connectivity index (χ2n) is 3.49. The second kappa shape index (κ2) is 7.56. The van der Waals surface area contributed by atoms with Crippen molar-refractivity contribution in [2.24, 2.45) is 0 Å². The van der Waals surface area contributed by atoms with Crippen LogP contribution in [0.1, 0.15) is 0 Å². The Kier molecular flexibility index (Phi) is 6.37. The summed E-state index contributed by atoms with van der Waals surface area (Å²) in [6, 6.07) is 4.95. The first kappa shape index (κ1) is 14.3. The van der Waals surface area contributed by atoms with Crippen LogP contribution in [0.15, 0.2) is 30.9 Å². The van der Waals surface area contributed by atoms with Gasteiger partial charge in [0.05, 0.1) is 5.02 Å². The van der Waals surface area contributed by atoms with Crippen molar-refractivity contribution >= 4 is 23.2 Å². The smallest absolute Gasteiger partial charge is 0.139 e. The highest BCUT2D eigenvalue weighted by Crippen LogP contribution is 2.27. The van der Waals surface area contributed by atoms with Crippen molar-refractivity contribution in [2.45, 2.75) is 6.10 Å². The summed E-state index contributed by atoms with van der Waals surface area (Å²) in [5.74, 6) is 0.474. The molecule has 0 radical (unpaired) electrons. The van der Waals surface area contributed by atoms with Gasteiger partial charge in [-0.3, -0.25) is 0 Å². The van der Waals surface area contributed by atoms with Crippen LogP contribution in [0.4, 0.5) is 0 Å². The average molecular weight is 276 g/mol. The predicted molar refractivity (Wildman–Crippen MR) is 71.0 cm³/mol. The van der Waals surface area contributed by atoms with Gasteiger partial charge < -0.3 is 15.2 Å². The van der Waals surface area contributed by atoms with Crippen LogP contribution < -0.4 is 10.1 Å². The number of aliphatic hydroxyl groups excluding tert-OH is 1. The normalized spacial score (nSPS) is 12.2. The molecule has 1 rings (SSSR count). The summed E-state index contributed by atoms with van der Waals surface area (Å²) in [6.07, 6.45) is 1.12. The van der Waals surface area contributed by atoms with Gasteiger partial charge in [-0.1, -0.05) is 29.3 Å². The number of rotatable bonds is 7. The van der Waals surface area contributed by atoms with Crippen molar-refractivity contribution in [1.82, 2.24) is 5.32 Å². The third-order valence-corrected chi connectivity index (χ3v) is 2.54. The lowest BCUT2D eigenvalue weighted by Crippen LogP contribution is -2.31. The zero-order valence-corrected chi connectivity index (χ0v) is 10.8. The molecule has 0 unspecified atom stereocenters. The number of halogens is 2. The molecule has 0 saturated heterocycles. The molecule has 0 saturated carbocycles. The second-order valence-corrected chi connectivity index (χ2v) is 4.33. The van der Waals surface area contributed by atoms with Crippen molar-refractivity contribution in [3.63, 3.8) is 0 Å². The molecule has 1 aromatic rings. The monoisotopic (exact) mass is 275 g/mol. The molecule has 0 spiro atoms. The SMILES string of the molecule is C=CCNC[C@H](O)COc1cc(Cl)ccc1Cl. The van der Waals surface area contributed by atoms with Crippen molar-refractivity contribution in [3.8, 4) is 5.75 Å². The van der Waals surface area contributed by atoms with Gasteiger partial charge in [-0.25, -0.2) is 0 Å². The molecule has 0 aliphatic heterocycles. The van der Waals surface area contributed by atoms with Crippen LogP contribution in [0.2, 0.25) is 10.0 Å². The van der Waals surface area contributed by atoms with Crippen molar-refractivity contribution in [2.75, 3.05) is 19.7 Å². The minimum atomic E-state index is -0.606. The minimum absolute atomic E-state index is 0.157. The maximum atomic E-state index is 9.60. The lowest BCUT2D eigenvalue weighted by atomic mass is 10.3. The van der Waals surface area contributed by atoms with Crippen LogP contribution in [0.5, 0.6) is 5.75 Å². The number of ether oxygens (including phenoxy) is 1. The van der Waals surface area contributed by atoms with E-state index < -0.39 is 6.10 Å². The Hall–Kier alpha value is -0.740. The molecule has 5 heteroatoms. The number of benzene rings is 1. The minimum Gasteiger partial charge on any atom is -0.489 e. The molecule has 1 aromatic carbocycles. The lowest BCUT2D eigenvalue weighted by molar-refractivity contribution is 0.107. The number of aliphatic hydroxyl groups is 1. The van der Waals surface area contributed by atoms with E-state index in [1.165, 1.54) is 0 Å². The molecule has 94 valence electrons. The van der Waals surface area contributed by atoms with Gasteiger partial charge in [-0.15, -0.1) is 6.58 Å². The van der Waals surface area contributed by atoms with Crippen LogP contribution in [0.3, 0.4) is 0 Å². The number of hydrogen-bond acceptors (Lipinski definition) is 3. The average Bonchev–Trinajstić information content (AvgIpc) is 2.31. The molecule has 0 aliphatic carbocycles. The van der Waals surface area contributed by atoms with Crippen LogP contribution in [0, 0.1) is 0 Å². The zero-order valence-electron chi connectivity index (χ0n) is 9.33. The fourth-order valence-corrected chi connectivity index (χ4v) is 1.52. The highest BCUT2D eigenvalue weighted by molar-refractivity contribution is 6.34. The van der Waals surface area contributed by atoms with E-state index in [0.717, 1.165) is 0 Å². The summed E-state index contributed by atoms with van der Waals surface area (Å²) in [5, 5.41) is 13.6. The Labute approximate surface area is 111 Å². The summed E-state index contributed by atoms with van der Waals surface area (Å²) in [4.78, 5) is 0. The van der Waals surface area contributed by atoms with E-state index in [2.05, 4.69) is 11.9 Å². The molecule has 0 aliphatic rings. The molecule has 0 amide bonds. The number of hydrogen-bond donors (Lipinski definition) is 2. The maximum absolute atomic E-state index is 9.60. The summed E-state index contributed by atoms with van der Waals surface area (Å²) < 4.78 is 5.38. The van der Waals surface area contributed by atoms with Crippen molar-refractivity contribution < 1.29 is 9.84 Å². The van der Waals surface area contributed by atoms with Gasteiger partial charge in [0.2, 0.25) is 0 Å². The van der Waals surface area contributed by atoms with Crippen LogP contribution in [0.25, 0.3) is 0 Å². The van der Waals surface area contributed by atoms with Gasteiger partial charge in [-0.05, 0) is 12.1 Å². The Morgan fingerprint density at radius 3 is 2.94 bits per heavy atom. The number of nitrogens with one attached hydrogen (secondary N) is 1. The van der Waals surface area contributed by atoms with E-state index in [9.17, 15) is 5.11 Å². The zero-order chi connectivity index (χ0) is 12.7. The molecular formula is C12H15Cl2NO2. The van der Waals surface area contributed by atoms with Gasteiger partial charge in [0.15, 0.2) is 0 Å². The topological polar surface area (TPSA) is 41.5 Å². The Balaban J connectivity index is 2.38. The van der Waals surface area contributed by atoms with Crippen LogP contribution >= 0.6 is 23.2 Å². The first-order chi connectivity index (χ1) is 8.13.